The molecule has 2 aromatic rings. The Bertz CT molecular complexity index is 766. The summed E-state index contributed by atoms with van der Waals surface area (Å²) in [6.45, 7) is 5.12. The van der Waals surface area contributed by atoms with Gasteiger partial charge in [0.25, 0.3) is 5.91 Å². The summed E-state index contributed by atoms with van der Waals surface area (Å²) in [6, 6.07) is 10.5. The van der Waals surface area contributed by atoms with E-state index in [-0.39, 0.29) is 11.7 Å². The lowest BCUT2D eigenvalue weighted by atomic mass is 10.2. The molecule has 0 radical (unpaired) electrons. The molecule has 3 heterocycles. The molecule has 0 aliphatic carbocycles. The zero-order chi connectivity index (χ0) is 17.9. The van der Waals surface area contributed by atoms with Crippen LogP contribution in [-0.2, 0) is 0 Å². The van der Waals surface area contributed by atoms with Gasteiger partial charge in [0, 0.05) is 56.8 Å². The van der Waals surface area contributed by atoms with Crippen LogP contribution in [0.15, 0.2) is 42.6 Å². The maximum Gasteiger partial charge on any atom is 0.272 e. The number of likely N-dealkylation sites (tertiary alicyclic amines) is 1. The van der Waals surface area contributed by atoms with Crippen LogP contribution in [0.25, 0.3) is 0 Å². The Labute approximate surface area is 153 Å². The van der Waals surface area contributed by atoms with Crippen molar-refractivity contribution < 1.29 is 9.18 Å². The SMILES string of the molecule is O=C(c1cc(N2CCN(c3ccc(F)cc3)CC2)ccn1)N1CCCC1. The smallest absolute Gasteiger partial charge is 0.272 e. The van der Waals surface area contributed by atoms with Crippen molar-refractivity contribution in [1.29, 1.82) is 0 Å². The first-order chi connectivity index (χ1) is 12.7. The molecule has 26 heavy (non-hydrogen) atoms. The minimum atomic E-state index is -0.209. The molecule has 6 heteroatoms. The third-order valence-electron chi connectivity index (χ3n) is 5.19. The van der Waals surface area contributed by atoms with Gasteiger partial charge in [-0.15, -0.1) is 0 Å². The van der Waals surface area contributed by atoms with Crippen molar-refractivity contribution in [3.63, 3.8) is 0 Å². The second kappa shape index (κ2) is 7.32. The maximum absolute atomic E-state index is 13.1. The van der Waals surface area contributed by atoms with E-state index in [9.17, 15) is 9.18 Å². The van der Waals surface area contributed by atoms with Crippen LogP contribution in [0.5, 0.6) is 0 Å². The lowest BCUT2D eigenvalue weighted by molar-refractivity contribution is 0.0787. The van der Waals surface area contributed by atoms with Crippen molar-refractivity contribution in [2.24, 2.45) is 0 Å². The van der Waals surface area contributed by atoms with Gasteiger partial charge in [-0.1, -0.05) is 0 Å². The number of hydrogen-bond donors (Lipinski definition) is 0. The van der Waals surface area contributed by atoms with Crippen molar-refractivity contribution in [3.8, 4) is 0 Å². The first kappa shape index (κ1) is 16.8. The van der Waals surface area contributed by atoms with Crippen LogP contribution in [0.4, 0.5) is 15.8 Å². The van der Waals surface area contributed by atoms with Gasteiger partial charge in [-0.3, -0.25) is 9.78 Å². The number of halogens is 1. The molecular weight excluding hydrogens is 331 g/mol. The summed E-state index contributed by atoms with van der Waals surface area (Å²) in [4.78, 5) is 23.3. The van der Waals surface area contributed by atoms with Crippen molar-refractivity contribution in [2.45, 2.75) is 12.8 Å². The Morgan fingerprint density at radius 1 is 0.846 bits per heavy atom. The molecule has 5 nitrogen and oxygen atoms in total. The number of nitrogens with zero attached hydrogens (tertiary/aromatic N) is 4. The number of hydrogen-bond acceptors (Lipinski definition) is 4. The van der Waals surface area contributed by atoms with E-state index in [1.54, 1.807) is 6.20 Å². The molecule has 136 valence electrons. The molecule has 1 aromatic carbocycles. The average Bonchev–Trinajstić information content (AvgIpc) is 3.23. The van der Waals surface area contributed by atoms with Crippen molar-refractivity contribution in [1.82, 2.24) is 9.88 Å². The van der Waals surface area contributed by atoms with E-state index < -0.39 is 0 Å². The van der Waals surface area contributed by atoms with Crippen molar-refractivity contribution >= 4 is 17.3 Å². The van der Waals surface area contributed by atoms with E-state index in [1.165, 1.54) is 12.1 Å². The summed E-state index contributed by atoms with van der Waals surface area (Å²) in [5.41, 5.74) is 2.62. The third kappa shape index (κ3) is 3.49. The minimum absolute atomic E-state index is 0.0364. The van der Waals surface area contributed by atoms with Crippen LogP contribution in [0.1, 0.15) is 23.3 Å². The molecule has 2 fully saturated rings. The summed E-state index contributed by atoms with van der Waals surface area (Å²) in [5, 5.41) is 0. The molecule has 0 saturated carbocycles. The van der Waals surface area contributed by atoms with E-state index >= 15 is 0 Å². The highest BCUT2D eigenvalue weighted by Gasteiger charge is 2.22. The molecule has 0 bridgehead atoms. The van der Waals surface area contributed by atoms with Crippen LogP contribution < -0.4 is 9.80 Å². The highest BCUT2D eigenvalue weighted by atomic mass is 19.1. The van der Waals surface area contributed by atoms with Gasteiger partial charge < -0.3 is 14.7 Å². The molecule has 1 aromatic heterocycles. The lowest BCUT2D eigenvalue weighted by Gasteiger charge is -2.37. The predicted octanol–water partition coefficient (Wildman–Crippen LogP) is 2.78. The van der Waals surface area contributed by atoms with Crippen LogP contribution in [0.3, 0.4) is 0 Å². The molecule has 2 saturated heterocycles. The monoisotopic (exact) mass is 354 g/mol. The number of carbonyl (C=O) groups excluding carboxylic acids is 1. The predicted molar refractivity (Wildman–Crippen MR) is 100 cm³/mol. The maximum atomic E-state index is 13.1. The number of benzene rings is 1. The Balaban J connectivity index is 1.42. The van der Waals surface area contributed by atoms with Crippen molar-refractivity contribution in [2.75, 3.05) is 49.1 Å². The standard InChI is InChI=1S/C20H23FN4O/c21-16-3-5-17(6-4-16)23-11-13-24(14-12-23)18-7-8-22-19(15-18)20(26)25-9-1-2-10-25/h3-8,15H,1-2,9-14H2. The van der Waals surface area contributed by atoms with Crippen LogP contribution in [-0.4, -0.2) is 55.1 Å². The molecule has 0 unspecified atom stereocenters. The summed E-state index contributed by atoms with van der Waals surface area (Å²) in [5.74, 6) is -0.173. The summed E-state index contributed by atoms with van der Waals surface area (Å²) in [7, 11) is 0. The Morgan fingerprint density at radius 3 is 2.12 bits per heavy atom. The van der Waals surface area contributed by atoms with Gasteiger partial charge in [-0.05, 0) is 49.2 Å². The summed E-state index contributed by atoms with van der Waals surface area (Å²) < 4.78 is 13.1. The van der Waals surface area contributed by atoms with Crippen molar-refractivity contribution in [3.05, 3.63) is 54.1 Å². The first-order valence-electron chi connectivity index (χ1n) is 9.21. The normalized spacial score (nSPS) is 17.7. The number of rotatable bonds is 3. The Morgan fingerprint density at radius 2 is 1.46 bits per heavy atom. The fraction of sp³-hybridized carbons (Fsp3) is 0.400. The van der Waals surface area contributed by atoms with E-state index in [4.69, 9.17) is 0 Å². The number of carbonyl (C=O) groups is 1. The minimum Gasteiger partial charge on any atom is -0.368 e. The fourth-order valence-electron chi connectivity index (χ4n) is 3.69. The highest BCUT2D eigenvalue weighted by Crippen LogP contribution is 2.22. The Kier molecular flexibility index (Phi) is 4.73. The molecule has 1 amide bonds. The van der Waals surface area contributed by atoms with E-state index in [2.05, 4.69) is 14.8 Å². The number of pyridine rings is 1. The summed E-state index contributed by atoms with van der Waals surface area (Å²) in [6.07, 6.45) is 3.89. The average molecular weight is 354 g/mol. The number of aromatic nitrogens is 1. The second-order valence-electron chi connectivity index (χ2n) is 6.85. The number of anilines is 2. The van der Waals surface area contributed by atoms with E-state index in [0.717, 1.165) is 63.5 Å². The van der Waals surface area contributed by atoms with Crippen LogP contribution in [0.2, 0.25) is 0 Å². The molecule has 0 atom stereocenters. The summed E-state index contributed by atoms with van der Waals surface area (Å²) >= 11 is 0. The quantitative estimate of drug-likeness (QED) is 0.850. The zero-order valence-electron chi connectivity index (χ0n) is 14.8. The van der Waals surface area contributed by atoms with Gasteiger partial charge in [0.15, 0.2) is 0 Å². The second-order valence-corrected chi connectivity index (χ2v) is 6.85. The van der Waals surface area contributed by atoms with Gasteiger partial charge in [-0.2, -0.15) is 0 Å². The largest absolute Gasteiger partial charge is 0.368 e. The van der Waals surface area contributed by atoms with Gasteiger partial charge in [-0.25, -0.2) is 4.39 Å². The molecular formula is C20H23FN4O. The highest BCUT2D eigenvalue weighted by molar-refractivity contribution is 5.93. The number of amides is 1. The molecule has 0 N–H and O–H groups in total. The molecule has 4 rings (SSSR count). The lowest BCUT2D eigenvalue weighted by Crippen LogP contribution is -2.46. The molecule has 0 spiro atoms. The number of piperazine rings is 1. The van der Waals surface area contributed by atoms with Gasteiger partial charge in [0.1, 0.15) is 11.5 Å². The zero-order valence-corrected chi connectivity index (χ0v) is 14.8. The molecule has 2 aliphatic rings. The fourth-order valence-corrected chi connectivity index (χ4v) is 3.69. The molecule has 2 aliphatic heterocycles. The van der Waals surface area contributed by atoms with Gasteiger partial charge in [0.2, 0.25) is 0 Å². The van der Waals surface area contributed by atoms with Gasteiger partial charge >= 0.3 is 0 Å². The Hall–Kier alpha value is -2.63. The first-order valence-corrected chi connectivity index (χ1v) is 9.21. The van der Waals surface area contributed by atoms with Crippen LogP contribution >= 0.6 is 0 Å². The van der Waals surface area contributed by atoms with E-state index in [0.29, 0.717) is 5.69 Å². The topological polar surface area (TPSA) is 39.7 Å². The van der Waals surface area contributed by atoms with Crippen LogP contribution in [0, 0.1) is 5.82 Å². The van der Waals surface area contributed by atoms with E-state index in [1.807, 2.05) is 29.2 Å². The van der Waals surface area contributed by atoms with Gasteiger partial charge in [0.05, 0.1) is 0 Å². The third-order valence-corrected chi connectivity index (χ3v) is 5.19.